The minimum atomic E-state index is -0.0359. The van der Waals surface area contributed by atoms with E-state index in [0.29, 0.717) is 25.8 Å². The number of ketones is 2. The van der Waals surface area contributed by atoms with Gasteiger partial charge in [0.05, 0.1) is 6.54 Å². The van der Waals surface area contributed by atoms with Gasteiger partial charge < -0.3 is 10.6 Å². The maximum absolute atomic E-state index is 11.8. The standard InChI is InChI=1S/C24H44N2O4/c1-19(2)21(27)14-13-17-25-23(29)15-11-9-7-5-6-8-10-12-16-24(30)26-18-22(28)20(3)4/h19-20H,5-18H2,1-4H3,(H,25,29)(H,26,30). The lowest BCUT2D eigenvalue weighted by molar-refractivity contribution is -0.126. The molecule has 0 radical (unpaired) electrons. The summed E-state index contributed by atoms with van der Waals surface area (Å²) < 4.78 is 0. The highest BCUT2D eigenvalue weighted by molar-refractivity contribution is 5.87. The second kappa shape index (κ2) is 18.1. The lowest BCUT2D eigenvalue weighted by Gasteiger charge is -2.07. The first-order valence-electron chi connectivity index (χ1n) is 11.8. The van der Waals surface area contributed by atoms with E-state index in [-0.39, 0.29) is 41.8 Å². The van der Waals surface area contributed by atoms with Crippen LogP contribution in [0.15, 0.2) is 0 Å². The second-order valence-corrected chi connectivity index (χ2v) is 8.80. The van der Waals surface area contributed by atoms with Crippen molar-refractivity contribution in [2.45, 2.75) is 105 Å². The van der Waals surface area contributed by atoms with Crippen LogP contribution in [-0.2, 0) is 19.2 Å². The number of unbranched alkanes of at least 4 members (excludes halogenated alkanes) is 7. The highest BCUT2D eigenvalue weighted by atomic mass is 16.2. The van der Waals surface area contributed by atoms with Gasteiger partial charge in [0.2, 0.25) is 11.8 Å². The highest BCUT2D eigenvalue weighted by Crippen LogP contribution is 2.10. The van der Waals surface area contributed by atoms with Crippen LogP contribution in [0.2, 0.25) is 0 Å². The van der Waals surface area contributed by atoms with E-state index in [9.17, 15) is 19.2 Å². The summed E-state index contributed by atoms with van der Waals surface area (Å²) in [6, 6.07) is 0. The first-order valence-corrected chi connectivity index (χ1v) is 11.8. The van der Waals surface area contributed by atoms with E-state index in [1.54, 1.807) is 0 Å². The molecule has 0 aromatic heterocycles. The Hall–Kier alpha value is -1.72. The molecule has 0 saturated heterocycles. The number of amides is 2. The molecule has 0 aromatic carbocycles. The lowest BCUT2D eigenvalue weighted by Crippen LogP contribution is -2.31. The molecule has 2 N–H and O–H groups in total. The van der Waals surface area contributed by atoms with Crippen molar-refractivity contribution in [2.75, 3.05) is 13.1 Å². The average Bonchev–Trinajstić information content (AvgIpc) is 2.70. The van der Waals surface area contributed by atoms with Crippen molar-refractivity contribution < 1.29 is 19.2 Å². The van der Waals surface area contributed by atoms with Gasteiger partial charge in [-0.1, -0.05) is 66.2 Å². The Labute approximate surface area is 183 Å². The van der Waals surface area contributed by atoms with Crippen LogP contribution in [0.3, 0.4) is 0 Å². The van der Waals surface area contributed by atoms with E-state index in [1.165, 1.54) is 0 Å². The van der Waals surface area contributed by atoms with Crippen molar-refractivity contribution in [2.24, 2.45) is 11.8 Å². The molecule has 0 fully saturated rings. The third-order valence-corrected chi connectivity index (χ3v) is 5.23. The summed E-state index contributed by atoms with van der Waals surface area (Å²) in [7, 11) is 0. The summed E-state index contributed by atoms with van der Waals surface area (Å²) in [6.07, 6.45) is 10.8. The van der Waals surface area contributed by atoms with E-state index in [2.05, 4.69) is 10.6 Å². The van der Waals surface area contributed by atoms with E-state index in [0.717, 1.165) is 57.8 Å². The molecule has 0 spiro atoms. The molecule has 0 aliphatic rings. The molecule has 0 bridgehead atoms. The van der Waals surface area contributed by atoms with E-state index < -0.39 is 0 Å². The minimum absolute atomic E-state index is 0.0335. The molecule has 0 unspecified atom stereocenters. The Bertz CT molecular complexity index is 515. The topological polar surface area (TPSA) is 92.3 Å². The minimum Gasteiger partial charge on any atom is -0.356 e. The van der Waals surface area contributed by atoms with Crippen LogP contribution in [0.25, 0.3) is 0 Å². The molecule has 0 saturated carbocycles. The Balaban J connectivity index is 3.39. The molecule has 0 heterocycles. The average molecular weight is 425 g/mol. The summed E-state index contributed by atoms with van der Waals surface area (Å²) in [5, 5.41) is 5.58. The molecule has 2 amide bonds. The van der Waals surface area contributed by atoms with E-state index in [4.69, 9.17) is 0 Å². The SMILES string of the molecule is CC(C)C(=O)CCCNC(=O)CCCCCCCCCCC(=O)NCC(=O)C(C)C. The Morgan fingerprint density at radius 2 is 0.967 bits per heavy atom. The molecule has 174 valence electrons. The number of nitrogens with one attached hydrogen (secondary N) is 2. The van der Waals surface area contributed by atoms with Gasteiger partial charge in [-0.05, 0) is 19.3 Å². The van der Waals surface area contributed by atoms with Crippen molar-refractivity contribution in [1.29, 1.82) is 0 Å². The van der Waals surface area contributed by atoms with Gasteiger partial charge in [0, 0.05) is 37.6 Å². The first-order chi connectivity index (χ1) is 14.2. The van der Waals surface area contributed by atoms with Gasteiger partial charge in [-0.25, -0.2) is 0 Å². The summed E-state index contributed by atoms with van der Waals surface area (Å²) in [4.78, 5) is 46.4. The fraction of sp³-hybridized carbons (Fsp3) is 0.833. The van der Waals surface area contributed by atoms with Crippen molar-refractivity contribution in [3.63, 3.8) is 0 Å². The summed E-state index contributed by atoms with van der Waals surface area (Å²) in [5.41, 5.74) is 0. The van der Waals surface area contributed by atoms with Gasteiger partial charge in [0.1, 0.15) is 5.78 Å². The van der Waals surface area contributed by atoms with Crippen LogP contribution in [0.5, 0.6) is 0 Å². The molecular weight excluding hydrogens is 380 g/mol. The predicted molar refractivity (Wildman–Crippen MR) is 121 cm³/mol. The number of carbonyl (C=O) groups is 4. The number of rotatable bonds is 19. The largest absolute Gasteiger partial charge is 0.356 e. The maximum Gasteiger partial charge on any atom is 0.220 e. The van der Waals surface area contributed by atoms with Crippen LogP contribution in [0, 0.1) is 11.8 Å². The molecule has 0 aliphatic carbocycles. The monoisotopic (exact) mass is 424 g/mol. The Morgan fingerprint density at radius 1 is 0.533 bits per heavy atom. The van der Waals surface area contributed by atoms with Crippen molar-refractivity contribution in [3.8, 4) is 0 Å². The zero-order chi connectivity index (χ0) is 22.8. The highest BCUT2D eigenvalue weighted by Gasteiger charge is 2.09. The summed E-state index contributed by atoms with van der Waals surface area (Å²) in [5.74, 6) is 0.414. The van der Waals surface area contributed by atoms with Gasteiger partial charge in [0.15, 0.2) is 5.78 Å². The maximum atomic E-state index is 11.8. The van der Waals surface area contributed by atoms with Crippen LogP contribution in [0.4, 0.5) is 0 Å². The molecule has 0 aliphatic heterocycles. The molecule has 0 aromatic rings. The zero-order valence-electron chi connectivity index (χ0n) is 19.7. The fourth-order valence-corrected chi connectivity index (χ4v) is 2.98. The van der Waals surface area contributed by atoms with E-state index in [1.807, 2.05) is 27.7 Å². The number of Topliss-reactive ketones (excluding diaryl/α,β-unsaturated/α-hetero) is 2. The summed E-state index contributed by atoms with van der Waals surface area (Å²) in [6.45, 7) is 8.21. The smallest absolute Gasteiger partial charge is 0.220 e. The van der Waals surface area contributed by atoms with Crippen molar-refractivity contribution in [3.05, 3.63) is 0 Å². The Morgan fingerprint density at radius 3 is 1.43 bits per heavy atom. The molecule has 0 atom stereocenters. The van der Waals surface area contributed by atoms with Gasteiger partial charge in [0.25, 0.3) is 0 Å². The Kier molecular flexibility index (Phi) is 17.0. The number of hydrogen-bond acceptors (Lipinski definition) is 4. The van der Waals surface area contributed by atoms with Gasteiger partial charge >= 0.3 is 0 Å². The normalized spacial score (nSPS) is 11.0. The second-order valence-electron chi connectivity index (χ2n) is 8.80. The van der Waals surface area contributed by atoms with E-state index >= 15 is 0 Å². The molecule has 6 nitrogen and oxygen atoms in total. The summed E-state index contributed by atoms with van der Waals surface area (Å²) >= 11 is 0. The number of carbonyl (C=O) groups excluding carboxylic acids is 4. The third kappa shape index (κ3) is 17.2. The number of hydrogen-bond donors (Lipinski definition) is 2. The lowest BCUT2D eigenvalue weighted by atomic mass is 10.0. The zero-order valence-corrected chi connectivity index (χ0v) is 19.7. The van der Waals surface area contributed by atoms with Gasteiger partial charge in [-0.3, -0.25) is 19.2 Å². The van der Waals surface area contributed by atoms with Crippen LogP contribution >= 0.6 is 0 Å². The van der Waals surface area contributed by atoms with Crippen molar-refractivity contribution in [1.82, 2.24) is 10.6 Å². The predicted octanol–water partition coefficient (Wildman–Crippen LogP) is 4.35. The van der Waals surface area contributed by atoms with Gasteiger partial charge in [-0.2, -0.15) is 0 Å². The molecular formula is C24H44N2O4. The van der Waals surface area contributed by atoms with Gasteiger partial charge in [-0.15, -0.1) is 0 Å². The quantitative estimate of drug-likeness (QED) is 0.302. The fourth-order valence-electron chi connectivity index (χ4n) is 2.98. The molecule has 30 heavy (non-hydrogen) atoms. The molecule has 0 rings (SSSR count). The third-order valence-electron chi connectivity index (χ3n) is 5.23. The van der Waals surface area contributed by atoms with Crippen LogP contribution in [-0.4, -0.2) is 36.5 Å². The van der Waals surface area contributed by atoms with Crippen molar-refractivity contribution >= 4 is 23.4 Å². The van der Waals surface area contributed by atoms with Crippen LogP contribution < -0.4 is 10.6 Å². The van der Waals surface area contributed by atoms with Crippen LogP contribution in [0.1, 0.15) is 105 Å². The first kappa shape index (κ1) is 28.3. The molecule has 6 heteroatoms.